The minimum Gasteiger partial charge on any atom is -0.782 e. The van der Waals surface area contributed by atoms with Gasteiger partial charge in [-0.1, -0.05) is 0 Å². The number of nitrogens with zero attached hydrogens (tertiary/aromatic N) is 4. The molecule has 2 atom stereocenters. The molecule has 2 unspecified atom stereocenters. The lowest BCUT2D eigenvalue weighted by Crippen LogP contribution is -2.22. The normalized spacial score (nSPS) is 26.8. The Morgan fingerprint density at radius 1 is 1.24 bits per heavy atom. The van der Waals surface area contributed by atoms with Gasteiger partial charge in [0.15, 0.2) is 6.61 Å². The van der Waals surface area contributed by atoms with Crippen molar-refractivity contribution in [2.75, 3.05) is 19.9 Å². The van der Waals surface area contributed by atoms with Crippen molar-refractivity contribution in [1.29, 1.82) is 0 Å². The largest absolute Gasteiger partial charge is 0.782 e. The molecule has 3 heterocycles. The average molecular weight is 293 g/mol. The lowest BCUT2D eigenvalue weighted by Gasteiger charge is -2.23. The van der Waals surface area contributed by atoms with Gasteiger partial charge in [0, 0.05) is 0 Å². The van der Waals surface area contributed by atoms with Gasteiger partial charge < -0.3 is 29.4 Å². The number of ether oxygens (including phenoxy) is 2. The fourth-order valence-corrected chi connectivity index (χ4v) is 1.82. The molecule has 9 nitrogen and oxygen atoms in total. The van der Waals surface area contributed by atoms with E-state index in [4.69, 9.17) is 13.9 Å². The summed E-state index contributed by atoms with van der Waals surface area (Å²) in [5, 5.41) is 23.2. The van der Waals surface area contributed by atoms with E-state index in [2.05, 4.69) is 9.98 Å². The fraction of sp³-hybridized carbons (Fsp3) is 0.417. The minimum atomic E-state index is -0.586. The Hall–Kier alpha value is -2.23. The summed E-state index contributed by atoms with van der Waals surface area (Å²) in [5.41, 5.74) is 0. The summed E-state index contributed by atoms with van der Waals surface area (Å²) in [5.74, 6) is 0.975. The van der Waals surface area contributed by atoms with E-state index in [9.17, 15) is 10.4 Å². The van der Waals surface area contributed by atoms with Gasteiger partial charge in [0.05, 0.1) is 25.8 Å². The van der Waals surface area contributed by atoms with Gasteiger partial charge in [-0.05, 0) is 12.1 Å². The molecular weight excluding hydrogens is 280 g/mol. The molecule has 1 aromatic heterocycles. The monoisotopic (exact) mass is 293 g/mol. The van der Waals surface area contributed by atoms with Crippen LogP contribution in [0.5, 0.6) is 0 Å². The number of hydroxylamine groups is 3. The van der Waals surface area contributed by atoms with Crippen molar-refractivity contribution in [2.45, 2.75) is 12.3 Å². The SMILES string of the molecule is [O-]N1COCC1N=Cc1ccc(C=NC2COC=[N+]2[O-])o1. The van der Waals surface area contributed by atoms with E-state index in [1.54, 1.807) is 12.1 Å². The van der Waals surface area contributed by atoms with Crippen LogP contribution in [0.1, 0.15) is 11.5 Å². The summed E-state index contributed by atoms with van der Waals surface area (Å²) in [7, 11) is 0. The molecule has 0 aromatic carbocycles. The van der Waals surface area contributed by atoms with Crippen LogP contribution in [0.25, 0.3) is 0 Å². The van der Waals surface area contributed by atoms with Crippen molar-refractivity contribution in [3.63, 3.8) is 0 Å². The smallest absolute Gasteiger partial charge is 0.337 e. The highest BCUT2D eigenvalue weighted by molar-refractivity contribution is 5.81. The Morgan fingerprint density at radius 3 is 2.62 bits per heavy atom. The third kappa shape index (κ3) is 3.27. The lowest BCUT2D eigenvalue weighted by atomic mass is 10.4. The zero-order valence-electron chi connectivity index (χ0n) is 11.0. The van der Waals surface area contributed by atoms with Gasteiger partial charge in [0.1, 0.15) is 17.7 Å². The summed E-state index contributed by atoms with van der Waals surface area (Å²) in [4.78, 5) is 8.13. The van der Waals surface area contributed by atoms with Crippen molar-refractivity contribution in [3.8, 4) is 0 Å². The van der Waals surface area contributed by atoms with E-state index in [1.165, 1.54) is 12.4 Å². The number of aliphatic imine (C=N–C) groups is 2. The first-order valence-corrected chi connectivity index (χ1v) is 6.30. The van der Waals surface area contributed by atoms with E-state index in [0.29, 0.717) is 16.3 Å². The van der Waals surface area contributed by atoms with Crippen LogP contribution < -0.4 is 0 Å². The van der Waals surface area contributed by atoms with Crippen LogP contribution in [0, 0.1) is 10.4 Å². The van der Waals surface area contributed by atoms with Crippen LogP contribution in [0.15, 0.2) is 26.5 Å². The predicted molar refractivity (Wildman–Crippen MR) is 73.1 cm³/mol. The summed E-state index contributed by atoms with van der Waals surface area (Å²) >= 11 is 0. The van der Waals surface area contributed by atoms with E-state index in [-0.39, 0.29) is 19.9 Å². The first kappa shape index (κ1) is 13.7. The molecular formula is C12H13N4O5-. The zero-order chi connectivity index (χ0) is 14.7. The average Bonchev–Trinajstić information content (AvgIpc) is 3.17. The third-order valence-corrected chi connectivity index (χ3v) is 2.93. The molecule has 9 heteroatoms. The first-order chi connectivity index (χ1) is 10.2. The highest BCUT2D eigenvalue weighted by Crippen LogP contribution is 2.10. The van der Waals surface area contributed by atoms with Gasteiger partial charge in [-0.25, -0.2) is 4.99 Å². The Labute approximate surface area is 120 Å². The maximum atomic E-state index is 11.3. The Bertz CT molecular complexity index is 582. The summed E-state index contributed by atoms with van der Waals surface area (Å²) in [6.07, 6.45) is 2.88. The molecule has 0 N–H and O–H groups in total. The van der Waals surface area contributed by atoms with Gasteiger partial charge >= 0.3 is 6.40 Å². The second kappa shape index (κ2) is 6.04. The molecule has 2 aliphatic rings. The molecule has 1 saturated heterocycles. The fourth-order valence-electron chi connectivity index (χ4n) is 1.82. The number of hydrogen-bond acceptors (Lipinski definition) is 8. The molecule has 3 rings (SSSR count). The van der Waals surface area contributed by atoms with Gasteiger partial charge in [-0.3, -0.25) is 4.99 Å². The Kier molecular flexibility index (Phi) is 3.95. The maximum Gasteiger partial charge on any atom is 0.337 e. The maximum absolute atomic E-state index is 11.3. The standard InChI is InChI=1S/C12H13N4O5/c17-15-7-19-5-11(15)13-3-9-1-2-10(21-9)4-14-12-6-20-8-16(12)18/h1-4,7,11-12H,5-6,8H2/q-1. The quantitative estimate of drug-likeness (QED) is 0.443. The number of furan rings is 1. The summed E-state index contributed by atoms with van der Waals surface area (Å²) in [6, 6.07) is 3.39. The van der Waals surface area contributed by atoms with Gasteiger partial charge in [-0.15, -0.1) is 0 Å². The van der Waals surface area contributed by atoms with E-state index in [1.807, 2.05) is 0 Å². The summed E-state index contributed by atoms with van der Waals surface area (Å²) < 4.78 is 15.9. The highest BCUT2D eigenvalue weighted by atomic mass is 16.6. The van der Waals surface area contributed by atoms with Crippen LogP contribution in [0.3, 0.4) is 0 Å². The first-order valence-electron chi connectivity index (χ1n) is 6.30. The van der Waals surface area contributed by atoms with E-state index in [0.717, 1.165) is 11.5 Å². The van der Waals surface area contributed by atoms with Crippen molar-refractivity contribution in [2.24, 2.45) is 9.98 Å². The van der Waals surface area contributed by atoms with Crippen molar-refractivity contribution < 1.29 is 18.6 Å². The topological polar surface area (TPSA) is 109 Å². The van der Waals surface area contributed by atoms with Crippen LogP contribution in [-0.4, -0.2) is 60.9 Å². The molecule has 1 fully saturated rings. The predicted octanol–water partition coefficient (Wildman–Crippen LogP) is 0.126. The molecule has 0 spiro atoms. The lowest BCUT2D eigenvalue weighted by molar-refractivity contribution is -0.482. The molecule has 0 amide bonds. The third-order valence-electron chi connectivity index (χ3n) is 2.93. The van der Waals surface area contributed by atoms with Crippen LogP contribution in [0.4, 0.5) is 0 Å². The number of hydrogen-bond donors (Lipinski definition) is 0. The molecule has 2 aliphatic heterocycles. The van der Waals surface area contributed by atoms with Crippen LogP contribution in [-0.2, 0) is 9.47 Å². The highest BCUT2D eigenvalue weighted by Gasteiger charge is 2.20. The molecule has 0 bridgehead atoms. The zero-order valence-corrected chi connectivity index (χ0v) is 11.0. The Balaban J connectivity index is 1.59. The molecule has 21 heavy (non-hydrogen) atoms. The Morgan fingerprint density at radius 2 is 2.00 bits per heavy atom. The van der Waals surface area contributed by atoms with Crippen LogP contribution in [0.2, 0.25) is 0 Å². The van der Waals surface area contributed by atoms with Gasteiger partial charge in [0.25, 0.3) is 6.17 Å². The van der Waals surface area contributed by atoms with E-state index >= 15 is 0 Å². The van der Waals surface area contributed by atoms with Crippen LogP contribution >= 0.6 is 0 Å². The minimum absolute atomic E-state index is 0.0320. The van der Waals surface area contributed by atoms with Crippen molar-refractivity contribution >= 4 is 18.8 Å². The number of rotatable bonds is 4. The van der Waals surface area contributed by atoms with E-state index < -0.39 is 12.3 Å². The molecule has 0 radical (unpaired) electrons. The molecule has 1 aromatic rings. The second-order valence-electron chi connectivity index (χ2n) is 4.47. The van der Waals surface area contributed by atoms with Gasteiger partial charge in [-0.2, -0.15) is 4.74 Å². The van der Waals surface area contributed by atoms with Gasteiger partial charge in [0.2, 0.25) is 0 Å². The molecule has 0 aliphatic carbocycles. The molecule has 112 valence electrons. The van der Waals surface area contributed by atoms with Crippen molar-refractivity contribution in [3.05, 3.63) is 34.1 Å². The summed E-state index contributed by atoms with van der Waals surface area (Å²) in [6.45, 7) is 0.521. The second-order valence-corrected chi connectivity index (χ2v) is 4.47. The molecule has 0 saturated carbocycles. The van der Waals surface area contributed by atoms with Crippen molar-refractivity contribution in [1.82, 2.24) is 5.06 Å².